The minimum absolute atomic E-state index is 0.215. The molecule has 2 aromatic carbocycles. The van der Waals surface area contributed by atoms with E-state index in [2.05, 4.69) is 9.80 Å². The highest BCUT2D eigenvalue weighted by Gasteiger charge is 2.30. The molecule has 0 saturated carbocycles. The highest BCUT2D eigenvalue weighted by Crippen LogP contribution is 2.36. The first kappa shape index (κ1) is 21.1. The van der Waals surface area contributed by atoms with Crippen LogP contribution in [0.2, 0.25) is 5.02 Å². The molecule has 0 bridgehead atoms. The summed E-state index contributed by atoms with van der Waals surface area (Å²) in [7, 11) is 0. The molecule has 2 heterocycles. The second kappa shape index (κ2) is 9.79. The van der Waals surface area contributed by atoms with Crippen molar-refractivity contribution >= 4 is 17.6 Å². The van der Waals surface area contributed by atoms with Crippen LogP contribution in [0.5, 0.6) is 11.5 Å². The van der Waals surface area contributed by atoms with Crippen molar-refractivity contribution in [3.05, 3.63) is 58.6 Å². The van der Waals surface area contributed by atoms with Crippen LogP contribution in [-0.4, -0.2) is 73.4 Å². The molecule has 2 aliphatic rings. The van der Waals surface area contributed by atoms with Crippen molar-refractivity contribution < 1.29 is 19.4 Å². The number of carbonyl (C=O) groups is 1. The second-order valence-corrected chi connectivity index (χ2v) is 8.19. The molecule has 0 spiro atoms. The third-order valence-corrected chi connectivity index (χ3v) is 6.04. The number of hydrogen-bond donors (Lipinski definition) is 1. The number of halogens is 1. The van der Waals surface area contributed by atoms with E-state index in [0.29, 0.717) is 29.5 Å². The molecule has 2 aliphatic heterocycles. The summed E-state index contributed by atoms with van der Waals surface area (Å²) in [5.74, 6) is 0.736. The number of aliphatic hydroxyl groups is 1. The van der Waals surface area contributed by atoms with Crippen molar-refractivity contribution in [1.82, 2.24) is 9.80 Å². The first-order valence-corrected chi connectivity index (χ1v) is 10.8. The largest absolute Gasteiger partial charge is 0.492 e. The maximum atomic E-state index is 12.5. The molecule has 1 fully saturated rings. The number of nitrogens with zero attached hydrogens (tertiary/aromatic N) is 2. The smallest absolute Gasteiger partial charge is 0.319 e. The molecule has 7 heteroatoms. The zero-order valence-electron chi connectivity index (χ0n) is 16.9. The molecule has 0 aliphatic carbocycles. The molecule has 30 heavy (non-hydrogen) atoms. The predicted octanol–water partition coefficient (Wildman–Crippen LogP) is 2.57. The Bertz CT molecular complexity index is 866. The quantitative estimate of drug-likeness (QED) is 0.538. The summed E-state index contributed by atoms with van der Waals surface area (Å²) >= 11 is 5.95. The minimum atomic E-state index is -0.314. The van der Waals surface area contributed by atoms with E-state index in [1.807, 2.05) is 30.3 Å². The summed E-state index contributed by atoms with van der Waals surface area (Å²) in [4.78, 5) is 17.2. The van der Waals surface area contributed by atoms with Gasteiger partial charge in [0.25, 0.3) is 0 Å². The lowest BCUT2D eigenvalue weighted by Gasteiger charge is -2.34. The average Bonchev–Trinajstić information content (AvgIpc) is 2.75. The second-order valence-electron chi connectivity index (χ2n) is 7.75. The summed E-state index contributed by atoms with van der Waals surface area (Å²) < 4.78 is 11.5. The summed E-state index contributed by atoms with van der Waals surface area (Å²) in [6.07, 6.45) is 0.605. The summed E-state index contributed by atoms with van der Waals surface area (Å²) in [6, 6.07) is 13.1. The van der Waals surface area contributed by atoms with Gasteiger partial charge in [-0.15, -0.1) is 0 Å². The van der Waals surface area contributed by atoms with Crippen molar-refractivity contribution in [2.45, 2.75) is 12.3 Å². The van der Waals surface area contributed by atoms with E-state index in [-0.39, 0.29) is 18.5 Å². The molecule has 0 aromatic heterocycles. The highest BCUT2D eigenvalue weighted by atomic mass is 35.5. The fourth-order valence-corrected chi connectivity index (χ4v) is 4.12. The Kier molecular flexibility index (Phi) is 6.89. The molecule has 1 unspecified atom stereocenters. The third-order valence-electron chi connectivity index (χ3n) is 5.79. The van der Waals surface area contributed by atoms with E-state index in [4.69, 9.17) is 26.2 Å². The SMILES string of the molecule is O=C1Oc2cc(OCCN3CCN(CCO)CC3)ccc2CC1c1ccc(Cl)cc1. The van der Waals surface area contributed by atoms with Crippen molar-refractivity contribution in [3.63, 3.8) is 0 Å². The summed E-state index contributed by atoms with van der Waals surface area (Å²) in [5, 5.41) is 9.67. The topological polar surface area (TPSA) is 62.2 Å². The highest BCUT2D eigenvalue weighted by molar-refractivity contribution is 6.30. The van der Waals surface area contributed by atoms with Gasteiger partial charge in [-0.2, -0.15) is 0 Å². The Labute approximate surface area is 181 Å². The van der Waals surface area contributed by atoms with Gasteiger partial charge < -0.3 is 14.6 Å². The fraction of sp³-hybridized carbons (Fsp3) is 0.435. The number of ether oxygens (including phenoxy) is 2. The maximum absolute atomic E-state index is 12.5. The van der Waals surface area contributed by atoms with Crippen molar-refractivity contribution in [1.29, 1.82) is 0 Å². The Morgan fingerprint density at radius 2 is 1.73 bits per heavy atom. The number of hydrogen-bond acceptors (Lipinski definition) is 6. The third kappa shape index (κ3) is 5.13. The minimum Gasteiger partial charge on any atom is -0.492 e. The number of esters is 1. The summed E-state index contributed by atoms with van der Waals surface area (Å²) in [5.41, 5.74) is 1.91. The van der Waals surface area contributed by atoms with Crippen LogP contribution < -0.4 is 9.47 Å². The van der Waals surface area contributed by atoms with Gasteiger partial charge in [-0.25, -0.2) is 0 Å². The van der Waals surface area contributed by atoms with Gasteiger partial charge in [0, 0.05) is 50.4 Å². The van der Waals surface area contributed by atoms with Gasteiger partial charge in [0.05, 0.1) is 12.5 Å². The van der Waals surface area contributed by atoms with Crippen LogP contribution in [0, 0.1) is 0 Å². The van der Waals surface area contributed by atoms with E-state index in [1.54, 1.807) is 12.1 Å². The zero-order chi connectivity index (χ0) is 20.9. The molecule has 1 N–H and O–H groups in total. The number of carbonyl (C=O) groups excluding carboxylic acids is 1. The van der Waals surface area contributed by atoms with Crippen molar-refractivity contribution in [2.75, 3.05) is 52.5 Å². The number of fused-ring (bicyclic) bond motifs is 1. The molecule has 0 amide bonds. The van der Waals surface area contributed by atoms with Crippen molar-refractivity contribution in [2.24, 2.45) is 0 Å². The van der Waals surface area contributed by atoms with Gasteiger partial charge in [-0.3, -0.25) is 14.6 Å². The average molecular weight is 431 g/mol. The molecule has 1 saturated heterocycles. The van der Waals surface area contributed by atoms with Crippen LogP contribution in [0.3, 0.4) is 0 Å². The lowest BCUT2D eigenvalue weighted by Crippen LogP contribution is -2.48. The Balaban J connectivity index is 1.30. The number of β-amino-alcohol motifs (C(OH)–C–C–N with tert-alkyl or cyclic N) is 1. The summed E-state index contributed by atoms with van der Waals surface area (Å²) in [6.45, 7) is 6.31. The van der Waals surface area contributed by atoms with Crippen LogP contribution in [0.4, 0.5) is 0 Å². The van der Waals surface area contributed by atoms with E-state index in [1.165, 1.54) is 0 Å². The van der Waals surface area contributed by atoms with Crippen molar-refractivity contribution in [3.8, 4) is 11.5 Å². The molecule has 4 rings (SSSR count). The first-order valence-electron chi connectivity index (χ1n) is 10.4. The molecule has 1 atom stereocenters. The molecular formula is C23H27ClN2O4. The van der Waals surface area contributed by atoms with Crippen LogP contribution in [0.1, 0.15) is 17.0 Å². The maximum Gasteiger partial charge on any atom is 0.319 e. The lowest BCUT2D eigenvalue weighted by molar-refractivity contribution is -0.137. The van der Waals surface area contributed by atoms with Crippen LogP contribution in [0.15, 0.2) is 42.5 Å². The van der Waals surface area contributed by atoms with Gasteiger partial charge in [0.2, 0.25) is 0 Å². The molecule has 0 radical (unpaired) electrons. The van der Waals surface area contributed by atoms with E-state index in [9.17, 15) is 4.79 Å². The number of benzene rings is 2. The van der Waals surface area contributed by atoms with Crippen LogP contribution in [-0.2, 0) is 11.2 Å². The van der Waals surface area contributed by atoms with Gasteiger partial charge in [-0.1, -0.05) is 29.8 Å². The zero-order valence-corrected chi connectivity index (χ0v) is 17.7. The van der Waals surface area contributed by atoms with Gasteiger partial charge >= 0.3 is 5.97 Å². The molecular weight excluding hydrogens is 404 g/mol. The Hall–Kier alpha value is -2.12. The number of piperazine rings is 1. The first-order chi connectivity index (χ1) is 14.6. The Morgan fingerprint density at radius 1 is 1.03 bits per heavy atom. The standard InChI is InChI=1S/C23H27ClN2O4/c24-19-4-1-17(2-5-19)21-15-18-3-6-20(16-22(18)30-23(21)28)29-14-12-26-9-7-25(8-10-26)11-13-27/h1-6,16,21,27H,7-15H2. The van der Waals surface area contributed by atoms with E-state index in [0.717, 1.165) is 50.4 Å². The van der Waals surface area contributed by atoms with Gasteiger partial charge in [-0.05, 0) is 35.7 Å². The van der Waals surface area contributed by atoms with Gasteiger partial charge in [0.15, 0.2) is 0 Å². The fourth-order valence-electron chi connectivity index (χ4n) is 3.99. The Morgan fingerprint density at radius 3 is 2.43 bits per heavy atom. The van der Waals surface area contributed by atoms with E-state index >= 15 is 0 Å². The van der Waals surface area contributed by atoms with E-state index < -0.39 is 0 Å². The number of aliphatic hydroxyl groups excluding tert-OH is 1. The normalized spacial score (nSPS) is 19.9. The monoisotopic (exact) mass is 430 g/mol. The molecule has 6 nitrogen and oxygen atoms in total. The van der Waals surface area contributed by atoms with Gasteiger partial charge in [0.1, 0.15) is 18.1 Å². The van der Waals surface area contributed by atoms with Crippen LogP contribution >= 0.6 is 11.6 Å². The number of rotatable bonds is 7. The molecule has 2 aromatic rings. The molecule has 160 valence electrons. The predicted molar refractivity (Wildman–Crippen MR) is 115 cm³/mol. The van der Waals surface area contributed by atoms with Crippen LogP contribution in [0.25, 0.3) is 0 Å². The lowest BCUT2D eigenvalue weighted by atomic mass is 9.90.